The molecule has 1 aromatic heterocycles. The maximum Gasteiger partial charge on any atom is 0.329 e. The molecule has 0 bridgehead atoms. The number of nitrogens with one attached hydrogen (secondary N) is 1. The molecule has 3 aromatic rings. The number of rotatable bonds is 3. The van der Waals surface area contributed by atoms with E-state index in [0.29, 0.717) is 32.6 Å². The molecule has 1 N–H and O–H groups in total. The number of carbonyl (C=O) groups is 2. The molecule has 0 aliphatic carbocycles. The van der Waals surface area contributed by atoms with Crippen molar-refractivity contribution in [1.29, 1.82) is 5.26 Å². The van der Waals surface area contributed by atoms with E-state index in [-0.39, 0.29) is 5.69 Å². The largest absolute Gasteiger partial charge is 0.497 e. The fourth-order valence-corrected chi connectivity index (χ4v) is 5.18. The third-order valence-electron chi connectivity index (χ3n) is 5.42. The van der Waals surface area contributed by atoms with Gasteiger partial charge in [-0.1, -0.05) is 0 Å². The van der Waals surface area contributed by atoms with Crippen molar-refractivity contribution in [2.45, 2.75) is 11.3 Å². The summed E-state index contributed by atoms with van der Waals surface area (Å²) in [6, 6.07) is 10.2. The zero-order valence-electron chi connectivity index (χ0n) is 16.7. The fourth-order valence-electron chi connectivity index (χ4n) is 3.89. The first kappa shape index (κ1) is 20.0. The molecule has 0 saturated carbocycles. The third-order valence-corrected chi connectivity index (χ3v) is 6.78. The number of ether oxygens (including phenoxy) is 1. The van der Waals surface area contributed by atoms with E-state index >= 15 is 0 Å². The van der Waals surface area contributed by atoms with E-state index in [9.17, 15) is 19.2 Å². The Hall–Kier alpha value is -3.90. The lowest BCUT2D eigenvalue weighted by molar-refractivity contribution is -0.118. The van der Waals surface area contributed by atoms with Gasteiger partial charge < -0.3 is 10.1 Å². The Morgan fingerprint density at radius 3 is 2.84 bits per heavy atom. The third kappa shape index (κ3) is 3.16. The molecule has 2 unspecified atom stereocenters. The minimum atomic E-state index is -0.635. The molecule has 3 heterocycles. The van der Waals surface area contributed by atoms with Crippen LogP contribution in [0.3, 0.4) is 0 Å². The first-order valence-electron chi connectivity index (χ1n) is 9.65. The number of hydrogen-bond donors (Lipinski definition) is 1. The van der Waals surface area contributed by atoms with Crippen LogP contribution in [0.15, 0.2) is 54.9 Å². The maximum atomic E-state index is 13.9. The number of aromatic nitrogens is 1. The minimum Gasteiger partial charge on any atom is -0.497 e. The van der Waals surface area contributed by atoms with Crippen LogP contribution in [0.4, 0.5) is 14.9 Å². The summed E-state index contributed by atoms with van der Waals surface area (Å²) in [4.78, 5) is 32.1. The zero-order valence-corrected chi connectivity index (χ0v) is 17.5. The summed E-state index contributed by atoms with van der Waals surface area (Å²) >= 11 is 1.27. The Morgan fingerprint density at radius 1 is 1.22 bits per heavy atom. The molecule has 3 amide bonds. The predicted octanol–water partition coefficient (Wildman–Crippen LogP) is 3.84. The number of pyridine rings is 1. The van der Waals surface area contributed by atoms with E-state index in [0.717, 1.165) is 4.90 Å². The SMILES string of the molecule is COc1ccc(C#N)c(C2=CC3NC(=O)N(c4cncc5ccc(F)cc45)C(=O)C3S2)c1. The number of fused-ring (bicyclic) bond motifs is 2. The summed E-state index contributed by atoms with van der Waals surface area (Å²) in [5.74, 6) is -0.333. The lowest BCUT2D eigenvalue weighted by Gasteiger charge is -2.33. The Morgan fingerprint density at radius 2 is 2.06 bits per heavy atom. The molecule has 9 heteroatoms. The van der Waals surface area contributed by atoms with Crippen LogP contribution in [-0.4, -0.2) is 35.3 Å². The van der Waals surface area contributed by atoms with E-state index < -0.39 is 29.0 Å². The van der Waals surface area contributed by atoms with Crippen LogP contribution in [0, 0.1) is 17.1 Å². The highest BCUT2D eigenvalue weighted by atomic mass is 32.2. The van der Waals surface area contributed by atoms with Gasteiger partial charge in [-0.25, -0.2) is 14.1 Å². The first-order valence-corrected chi connectivity index (χ1v) is 10.5. The van der Waals surface area contributed by atoms with Crippen molar-refractivity contribution in [3.63, 3.8) is 0 Å². The number of amides is 3. The van der Waals surface area contributed by atoms with Crippen LogP contribution in [-0.2, 0) is 4.79 Å². The number of imide groups is 1. The molecule has 7 nitrogen and oxygen atoms in total. The lowest BCUT2D eigenvalue weighted by Crippen LogP contribution is -2.60. The van der Waals surface area contributed by atoms with Crippen LogP contribution >= 0.6 is 11.8 Å². The van der Waals surface area contributed by atoms with E-state index in [1.165, 1.54) is 37.2 Å². The van der Waals surface area contributed by atoms with Crippen LogP contribution in [0.5, 0.6) is 5.75 Å². The second-order valence-corrected chi connectivity index (χ2v) is 8.45. The molecule has 1 saturated heterocycles. The van der Waals surface area contributed by atoms with Gasteiger partial charge in [-0.2, -0.15) is 5.26 Å². The van der Waals surface area contributed by atoms with E-state index in [1.807, 2.05) is 0 Å². The van der Waals surface area contributed by atoms with Gasteiger partial charge in [-0.3, -0.25) is 9.78 Å². The summed E-state index contributed by atoms with van der Waals surface area (Å²) in [7, 11) is 1.53. The number of hydrogen-bond acceptors (Lipinski definition) is 6. The van der Waals surface area contributed by atoms with E-state index in [2.05, 4.69) is 16.4 Å². The highest BCUT2D eigenvalue weighted by molar-refractivity contribution is 8.09. The number of thioether (sulfide) groups is 1. The van der Waals surface area contributed by atoms with Gasteiger partial charge in [0, 0.05) is 27.4 Å². The molecule has 2 aliphatic heterocycles. The highest BCUT2D eigenvalue weighted by Gasteiger charge is 2.46. The van der Waals surface area contributed by atoms with Crippen LogP contribution in [0.25, 0.3) is 15.7 Å². The summed E-state index contributed by atoms with van der Waals surface area (Å²) in [5.41, 5.74) is 1.29. The topological polar surface area (TPSA) is 95.3 Å². The molecular weight excluding hydrogens is 431 g/mol. The van der Waals surface area contributed by atoms with Gasteiger partial charge in [-0.05, 0) is 42.5 Å². The van der Waals surface area contributed by atoms with Crippen molar-refractivity contribution >= 4 is 45.1 Å². The maximum absolute atomic E-state index is 13.9. The monoisotopic (exact) mass is 446 g/mol. The smallest absolute Gasteiger partial charge is 0.329 e. The second-order valence-electron chi connectivity index (χ2n) is 7.27. The quantitative estimate of drug-likeness (QED) is 0.657. The van der Waals surface area contributed by atoms with Crippen molar-refractivity contribution in [1.82, 2.24) is 10.3 Å². The standard InChI is InChI=1S/C23H15FN4O3S/c1-31-15-5-3-12(9-25)17(7-15)20-8-18-21(32-20)22(29)28(23(30)27-18)19-11-26-10-13-2-4-14(24)6-16(13)19/h2-8,10-11,18,21H,1H3,(H,27,30). The van der Waals surface area contributed by atoms with Crippen molar-refractivity contribution in [3.8, 4) is 11.8 Å². The fraction of sp³-hybridized carbons (Fsp3) is 0.130. The Bertz CT molecular complexity index is 1370. The van der Waals surface area contributed by atoms with E-state index in [4.69, 9.17) is 4.74 Å². The number of carbonyl (C=O) groups excluding carboxylic acids is 2. The number of benzene rings is 2. The van der Waals surface area contributed by atoms with E-state index in [1.54, 1.807) is 36.5 Å². The van der Waals surface area contributed by atoms with Gasteiger partial charge >= 0.3 is 6.03 Å². The van der Waals surface area contributed by atoms with Gasteiger partial charge in [0.1, 0.15) is 16.8 Å². The lowest BCUT2D eigenvalue weighted by atomic mass is 10.0. The van der Waals surface area contributed by atoms with Gasteiger partial charge in [0.2, 0.25) is 0 Å². The number of anilines is 1. The molecule has 5 rings (SSSR count). The normalized spacial score (nSPS) is 19.9. The molecular formula is C23H15FN4O3S. The van der Waals surface area contributed by atoms with Gasteiger partial charge in [0.15, 0.2) is 0 Å². The van der Waals surface area contributed by atoms with Gasteiger partial charge in [0.05, 0.1) is 36.7 Å². The number of nitrogens with zero attached hydrogens (tertiary/aromatic N) is 3. The summed E-state index contributed by atoms with van der Waals surface area (Å²) in [6.07, 6.45) is 4.70. The average molecular weight is 446 g/mol. The van der Waals surface area contributed by atoms with Crippen molar-refractivity contribution in [3.05, 3.63) is 71.8 Å². The molecule has 158 valence electrons. The van der Waals surface area contributed by atoms with Crippen LogP contribution in [0.1, 0.15) is 11.1 Å². The van der Waals surface area contributed by atoms with Crippen molar-refractivity contribution in [2.75, 3.05) is 12.0 Å². The van der Waals surface area contributed by atoms with Crippen molar-refractivity contribution < 1.29 is 18.7 Å². The molecule has 0 spiro atoms. The predicted molar refractivity (Wildman–Crippen MR) is 119 cm³/mol. The van der Waals surface area contributed by atoms with Gasteiger partial charge in [-0.15, -0.1) is 11.8 Å². The van der Waals surface area contributed by atoms with Crippen LogP contribution < -0.4 is 15.0 Å². The van der Waals surface area contributed by atoms with Crippen LogP contribution in [0.2, 0.25) is 0 Å². The minimum absolute atomic E-state index is 0.219. The Balaban J connectivity index is 1.52. The molecule has 32 heavy (non-hydrogen) atoms. The number of urea groups is 1. The summed E-state index contributed by atoms with van der Waals surface area (Å²) in [6.45, 7) is 0. The Labute approximate surface area is 186 Å². The number of nitriles is 1. The summed E-state index contributed by atoms with van der Waals surface area (Å²) < 4.78 is 19.2. The highest BCUT2D eigenvalue weighted by Crippen LogP contribution is 2.44. The molecule has 0 radical (unpaired) electrons. The average Bonchev–Trinajstić information content (AvgIpc) is 3.23. The second kappa shape index (κ2) is 7.66. The molecule has 2 aromatic carbocycles. The van der Waals surface area contributed by atoms with Gasteiger partial charge in [0.25, 0.3) is 5.91 Å². The molecule has 2 atom stereocenters. The first-order chi connectivity index (χ1) is 15.5. The molecule has 2 aliphatic rings. The van der Waals surface area contributed by atoms with Crippen molar-refractivity contribution in [2.24, 2.45) is 0 Å². The zero-order chi connectivity index (χ0) is 22.4. The summed E-state index contributed by atoms with van der Waals surface area (Å²) in [5, 5.41) is 12.7. The number of halogens is 1. The number of methoxy groups -OCH3 is 1. The Kier molecular flexibility index (Phi) is 4.79. The molecule has 1 fully saturated rings.